The molecule has 2 aromatic carbocycles. The van der Waals surface area contributed by atoms with Crippen molar-refractivity contribution in [2.75, 3.05) is 6.61 Å². The van der Waals surface area contributed by atoms with Crippen LogP contribution in [0.1, 0.15) is 34.3 Å². The van der Waals surface area contributed by atoms with Crippen molar-refractivity contribution >= 4 is 45.7 Å². The fourth-order valence-corrected chi connectivity index (χ4v) is 4.48. The van der Waals surface area contributed by atoms with Crippen LogP contribution in [0.3, 0.4) is 0 Å². The molecule has 1 aliphatic rings. The summed E-state index contributed by atoms with van der Waals surface area (Å²) < 4.78 is 71.7. The summed E-state index contributed by atoms with van der Waals surface area (Å²) >= 11 is 0. The summed E-state index contributed by atoms with van der Waals surface area (Å²) in [7, 11) is -4.42. The van der Waals surface area contributed by atoms with Crippen LogP contribution < -0.4 is 30.4 Å². The van der Waals surface area contributed by atoms with Crippen molar-refractivity contribution in [2.45, 2.75) is 38.0 Å². The molecule has 0 bridgehead atoms. The van der Waals surface area contributed by atoms with E-state index < -0.39 is 52.7 Å². The molecule has 0 aliphatic carbocycles. The number of nitrogens with one attached hydrogen (secondary N) is 2. The van der Waals surface area contributed by atoms with E-state index in [0.717, 1.165) is 0 Å². The van der Waals surface area contributed by atoms with Crippen LogP contribution in [-0.2, 0) is 37.6 Å². The third kappa shape index (κ3) is 11.0. The Morgan fingerprint density at radius 2 is 1.75 bits per heavy atom. The zero-order valence-electron chi connectivity index (χ0n) is 22.3. The van der Waals surface area contributed by atoms with E-state index in [2.05, 4.69) is 9.71 Å². The number of guanidine groups is 1. The summed E-state index contributed by atoms with van der Waals surface area (Å²) in [6.07, 6.45) is -5.11. The Morgan fingerprint density at radius 3 is 2.32 bits per heavy atom. The second kappa shape index (κ2) is 15.0. The van der Waals surface area contributed by atoms with Crippen LogP contribution in [0, 0.1) is 0 Å². The topological polar surface area (TPSA) is 270 Å². The number of fused-ring (bicyclic) bond motifs is 2. The smallest absolute Gasteiger partial charge is 0.489 e. The minimum absolute atomic E-state index is 0.0464. The standard InChI is InChI=1S/C22H25N5O9S.C2HF3O2/c23-22(24)26-14-6-7-15-12(9-14)4-2-8-35-19-13(3-1-5-17(19)36-21(15)32)11-25-37(33,34)27-16(20(30)31)10-18(28)29;3-2(4,5)1(6)7/h1,3,5-7,9,16,25,27H,2,4,8,10-11H2,(H,28,29)(H,30,31)(H4,23,24,26);(H,6,7). The van der Waals surface area contributed by atoms with Crippen LogP contribution in [-0.4, -0.2) is 72.4 Å². The highest BCUT2D eigenvalue weighted by atomic mass is 32.2. The third-order valence-electron chi connectivity index (χ3n) is 5.34. The number of hydrogen-bond donors (Lipinski definition) is 7. The lowest BCUT2D eigenvalue weighted by Gasteiger charge is -2.19. The molecule has 2 aromatic rings. The van der Waals surface area contributed by atoms with Crippen molar-refractivity contribution in [2.24, 2.45) is 16.5 Å². The first-order valence-corrected chi connectivity index (χ1v) is 13.6. The molecule has 0 fully saturated rings. The van der Waals surface area contributed by atoms with E-state index in [0.29, 0.717) is 35.2 Å². The number of carbonyl (C=O) groups excluding carboxylic acids is 1. The number of aryl methyl sites for hydroxylation is 1. The molecule has 0 radical (unpaired) electrons. The maximum absolute atomic E-state index is 12.9. The number of aliphatic carboxylic acids is 3. The number of hydrogen-bond acceptors (Lipinski definition) is 9. The summed E-state index contributed by atoms with van der Waals surface area (Å²) in [5.41, 5.74) is 12.6. The lowest BCUT2D eigenvalue weighted by molar-refractivity contribution is -0.192. The summed E-state index contributed by atoms with van der Waals surface area (Å²) in [4.78, 5) is 47.8. The number of esters is 1. The lowest BCUT2D eigenvalue weighted by atomic mass is 10.0. The van der Waals surface area contributed by atoms with E-state index in [4.69, 9.17) is 41.1 Å². The number of alkyl halides is 3. The molecule has 3 rings (SSSR count). The molecule has 0 amide bonds. The maximum atomic E-state index is 12.9. The molecule has 0 aromatic heterocycles. The van der Waals surface area contributed by atoms with E-state index in [9.17, 15) is 36.0 Å². The third-order valence-corrected chi connectivity index (χ3v) is 6.46. The zero-order valence-corrected chi connectivity index (χ0v) is 23.1. The fraction of sp³-hybridized carbons (Fsp3) is 0.292. The Bertz CT molecular complexity index is 1540. The maximum Gasteiger partial charge on any atom is 0.490 e. The molecule has 1 atom stereocenters. The fourth-order valence-electron chi connectivity index (χ4n) is 3.50. The molecule has 9 N–H and O–H groups in total. The van der Waals surface area contributed by atoms with E-state index in [-0.39, 0.29) is 30.6 Å². The predicted octanol–water partition coefficient (Wildman–Crippen LogP) is 0.621. The van der Waals surface area contributed by atoms with Gasteiger partial charge in [-0.2, -0.15) is 31.0 Å². The van der Waals surface area contributed by atoms with Crippen LogP contribution in [0.15, 0.2) is 41.4 Å². The van der Waals surface area contributed by atoms with Gasteiger partial charge in [-0.3, -0.25) is 9.59 Å². The Morgan fingerprint density at radius 1 is 1.09 bits per heavy atom. The number of para-hydroxylation sites is 1. The lowest BCUT2D eigenvalue weighted by Crippen LogP contribution is -2.47. The van der Waals surface area contributed by atoms with Gasteiger partial charge in [0.1, 0.15) is 6.04 Å². The van der Waals surface area contributed by atoms with Gasteiger partial charge in [0.15, 0.2) is 17.5 Å². The zero-order chi connectivity index (χ0) is 33.2. The number of rotatable bonds is 9. The van der Waals surface area contributed by atoms with Crippen LogP contribution in [0.2, 0.25) is 0 Å². The normalized spacial score (nSPS) is 13.8. The van der Waals surface area contributed by atoms with Gasteiger partial charge < -0.3 is 36.3 Å². The molecule has 1 unspecified atom stereocenters. The van der Waals surface area contributed by atoms with E-state index >= 15 is 0 Å². The van der Waals surface area contributed by atoms with Crippen molar-refractivity contribution < 1.29 is 65.6 Å². The van der Waals surface area contributed by atoms with Crippen molar-refractivity contribution in [3.05, 3.63) is 53.1 Å². The van der Waals surface area contributed by atoms with Gasteiger partial charge in [-0.1, -0.05) is 12.1 Å². The highest BCUT2D eigenvalue weighted by Crippen LogP contribution is 2.34. The molecular weight excluding hydrogens is 623 g/mol. The Hall–Kier alpha value is -4.95. The monoisotopic (exact) mass is 649 g/mol. The van der Waals surface area contributed by atoms with Crippen molar-refractivity contribution in [1.29, 1.82) is 0 Å². The van der Waals surface area contributed by atoms with E-state index in [1.807, 2.05) is 0 Å². The van der Waals surface area contributed by atoms with Gasteiger partial charge in [-0.15, -0.1) is 0 Å². The van der Waals surface area contributed by atoms with E-state index in [1.54, 1.807) is 22.9 Å². The number of carboxylic acid groups (broad SMARTS) is 3. The Kier molecular flexibility index (Phi) is 12.0. The van der Waals surface area contributed by atoms with Crippen LogP contribution in [0.5, 0.6) is 11.5 Å². The molecule has 16 nitrogen and oxygen atoms in total. The summed E-state index contributed by atoms with van der Waals surface area (Å²) in [5, 5.41) is 25.0. The molecule has 1 aliphatic heterocycles. The molecule has 0 saturated heterocycles. The molecule has 20 heteroatoms. The highest BCUT2D eigenvalue weighted by molar-refractivity contribution is 7.87. The first kappa shape index (κ1) is 35.2. The quantitative estimate of drug-likeness (QED) is 0.0851. The van der Waals surface area contributed by atoms with Crippen molar-refractivity contribution in [1.82, 2.24) is 9.44 Å². The Labute approximate surface area is 246 Å². The minimum atomic E-state index is -5.08. The van der Waals surface area contributed by atoms with E-state index in [1.165, 1.54) is 18.2 Å². The number of nitrogens with zero attached hydrogens (tertiary/aromatic N) is 1. The summed E-state index contributed by atoms with van der Waals surface area (Å²) in [5.74, 6) is -6.52. The first-order valence-electron chi connectivity index (χ1n) is 12.1. The first-order chi connectivity index (χ1) is 20.4. The average Bonchev–Trinajstić information content (AvgIpc) is 2.89. The number of halogens is 3. The molecule has 0 spiro atoms. The molecular formula is C24H26F3N5O11S. The summed E-state index contributed by atoms with van der Waals surface area (Å²) in [6.45, 7) is -0.174. The predicted molar refractivity (Wildman–Crippen MR) is 143 cm³/mol. The van der Waals surface area contributed by atoms with Crippen LogP contribution in [0.25, 0.3) is 0 Å². The van der Waals surface area contributed by atoms with Gasteiger partial charge in [-0.05, 0) is 42.7 Å². The molecule has 0 saturated carbocycles. The molecule has 1 heterocycles. The minimum Gasteiger partial charge on any atom is -0.489 e. The van der Waals surface area contributed by atoms with Gasteiger partial charge in [0.05, 0.1) is 24.3 Å². The van der Waals surface area contributed by atoms with Gasteiger partial charge in [0.2, 0.25) is 0 Å². The molecule has 44 heavy (non-hydrogen) atoms. The average molecular weight is 650 g/mol. The number of aliphatic imine (C=N–C) groups is 1. The number of carbonyl (C=O) groups is 4. The van der Waals surface area contributed by atoms with Gasteiger partial charge >= 0.3 is 30.1 Å². The van der Waals surface area contributed by atoms with Crippen molar-refractivity contribution in [3.8, 4) is 11.5 Å². The summed E-state index contributed by atoms with van der Waals surface area (Å²) in [6, 6.07) is 7.44. The van der Waals surface area contributed by atoms with Gasteiger partial charge in [-0.25, -0.2) is 14.6 Å². The largest absolute Gasteiger partial charge is 0.490 e. The number of nitrogens with two attached hydrogens (primary N) is 2. The van der Waals surface area contributed by atoms with Crippen LogP contribution in [0.4, 0.5) is 18.9 Å². The number of benzene rings is 2. The Balaban J connectivity index is 0.000000860. The molecule has 240 valence electrons. The van der Waals surface area contributed by atoms with Crippen molar-refractivity contribution in [3.63, 3.8) is 0 Å². The van der Waals surface area contributed by atoms with Gasteiger partial charge in [0, 0.05) is 12.1 Å². The highest BCUT2D eigenvalue weighted by Gasteiger charge is 2.38. The second-order valence-corrected chi connectivity index (χ2v) is 10.2. The number of carboxylic acids is 3. The van der Waals surface area contributed by atoms with Crippen LogP contribution >= 0.6 is 0 Å². The second-order valence-electron chi connectivity index (χ2n) is 8.70. The SMILES string of the molecule is NC(N)=Nc1ccc2c(c1)CCCOc1c(CNS(=O)(=O)NC(CC(=O)O)C(=O)O)cccc1OC2=O.O=C(O)C(F)(F)F. The van der Waals surface area contributed by atoms with Gasteiger partial charge in [0.25, 0.3) is 10.2 Å². The number of ether oxygens (including phenoxy) is 2.